The SMILES string of the molecule is NC(=O)NC(=O)[C@H](CC1CCCCC1)C[C@@H](O)CCC1CCCCC1. The summed E-state index contributed by atoms with van der Waals surface area (Å²) in [6.45, 7) is 0. The number of nitrogens with one attached hydrogen (secondary N) is 1. The lowest BCUT2D eigenvalue weighted by Gasteiger charge is -2.27. The van der Waals surface area contributed by atoms with Crippen LogP contribution in [0, 0.1) is 17.8 Å². The average Bonchev–Trinajstić information content (AvgIpc) is 2.60. The van der Waals surface area contributed by atoms with Crippen molar-refractivity contribution in [2.24, 2.45) is 23.5 Å². The Morgan fingerprint density at radius 3 is 2.08 bits per heavy atom. The Hall–Kier alpha value is -1.10. The number of primary amides is 1. The van der Waals surface area contributed by atoms with Crippen molar-refractivity contribution in [2.45, 2.75) is 96.0 Å². The van der Waals surface area contributed by atoms with E-state index in [2.05, 4.69) is 5.32 Å². The van der Waals surface area contributed by atoms with Crippen LogP contribution < -0.4 is 11.1 Å². The molecule has 144 valence electrons. The molecule has 2 fully saturated rings. The molecule has 5 nitrogen and oxygen atoms in total. The molecule has 0 spiro atoms. The summed E-state index contributed by atoms with van der Waals surface area (Å²) in [5.74, 6) is 0.648. The Labute approximate surface area is 152 Å². The first-order valence-corrected chi connectivity index (χ1v) is 10.3. The van der Waals surface area contributed by atoms with Gasteiger partial charge in [0.1, 0.15) is 0 Å². The normalized spacial score (nSPS) is 22.3. The number of aliphatic hydroxyl groups excluding tert-OH is 1. The van der Waals surface area contributed by atoms with Gasteiger partial charge in [-0.1, -0.05) is 64.2 Å². The van der Waals surface area contributed by atoms with E-state index >= 15 is 0 Å². The topological polar surface area (TPSA) is 92.4 Å². The zero-order valence-electron chi connectivity index (χ0n) is 15.5. The van der Waals surface area contributed by atoms with Gasteiger partial charge in [0.05, 0.1) is 6.10 Å². The molecule has 0 aromatic heterocycles. The van der Waals surface area contributed by atoms with Crippen LogP contribution in [-0.4, -0.2) is 23.1 Å². The molecule has 0 radical (unpaired) electrons. The molecular formula is C20H36N2O3. The molecule has 2 aliphatic carbocycles. The maximum absolute atomic E-state index is 12.3. The fraction of sp³-hybridized carbons (Fsp3) is 0.900. The zero-order valence-corrected chi connectivity index (χ0v) is 15.5. The van der Waals surface area contributed by atoms with E-state index in [-0.39, 0.29) is 11.8 Å². The largest absolute Gasteiger partial charge is 0.393 e. The number of amides is 3. The summed E-state index contributed by atoms with van der Waals surface area (Å²) < 4.78 is 0. The highest BCUT2D eigenvalue weighted by Crippen LogP contribution is 2.32. The Morgan fingerprint density at radius 2 is 1.52 bits per heavy atom. The van der Waals surface area contributed by atoms with Crippen LogP contribution in [0.15, 0.2) is 0 Å². The molecule has 25 heavy (non-hydrogen) atoms. The Morgan fingerprint density at radius 1 is 0.960 bits per heavy atom. The summed E-state index contributed by atoms with van der Waals surface area (Å²) in [5, 5.41) is 12.7. The predicted molar refractivity (Wildman–Crippen MR) is 98.8 cm³/mol. The molecule has 0 aliphatic heterocycles. The third-order valence-corrected chi connectivity index (χ3v) is 6.15. The van der Waals surface area contributed by atoms with E-state index in [1.807, 2.05) is 0 Å². The summed E-state index contributed by atoms with van der Waals surface area (Å²) >= 11 is 0. The van der Waals surface area contributed by atoms with Crippen LogP contribution in [0.2, 0.25) is 0 Å². The number of aliphatic hydroxyl groups is 1. The summed E-state index contributed by atoms with van der Waals surface area (Å²) in [6.07, 6.45) is 15.1. The summed E-state index contributed by atoms with van der Waals surface area (Å²) in [6, 6.07) is -0.796. The second-order valence-electron chi connectivity index (χ2n) is 8.26. The number of nitrogens with two attached hydrogens (primary N) is 1. The van der Waals surface area contributed by atoms with Crippen molar-refractivity contribution in [3.05, 3.63) is 0 Å². The number of hydrogen-bond acceptors (Lipinski definition) is 3. The number of rotatable bonds is 8. The van der Waals surface area contributed by atoms with E-state index < -0.39 is 12.1 Å². The van der Waals surface area contributed by atoms with Gasteiger partial charge in [-0.25, -0.2) is 4.79 Å². The number of carbonyl (C=O) groups is 2. The van der Waals surface area contributed by atoms with E-state index in [1.165, 1.54) is 51.4 Å². The molecule has 3 amide bonds. The minimum atomic E-state index is -0.796. The summed E-state index contributed by atoms with van der Waals surface area (Å²) in [4.78, 5) is 23.4. The first-order valence-electron chi connectivity index (χ1n) is 10.3. The van der Waals surface area contributed by atoms with Gasteiger partial charge in [0.15, 0.2) is 0 Å². The van der Waals surface area contributed by atoms with Gasteiger partial charge in [0.25, 0.3) is 0 Å². The van der Waals surface area contributed by atoms with Gasteiger partial charge in [-0.15, -0.1) is 0 Å². The van der Waals surface area contributed by atoms with Crippen LogP contribution in [0.4, 0.5) is 4.79 Å². The minimum absolute atomic E-state index is 0.308. The van der Waals surface area contributed by atoms with E-state index in [0.717, 1.165) is 38.0 Å². The van der Waals surface area contributed by atoms with Crippen molar-refractivity contribution in [3.63, 3.8) is 0 Å². The predicted octanol–water partition coefficient (Wildman–Crippen LogP) is 3.88. The van der Waals surface area contributed by atoms with Gasteiger partial charge >= 0.3 is 6.03 Å². The highest BCUT2D eigenvalue weighted by molar-refractivity contribution is 5.94. The van der Waals surface area contributed by atoms with E-state index in [0.29, 0.717) is 12.3 Å². The van der Waals surface area contributed by atoms with Crippen LogP contribution in [0.1, 0.15) is 89.9 Å². The first-order chi connectivity index (χ1) is 12.0. The van der Waals surface area contributed by atoms with Gasteiger partial charge in [-0.3, -0.25) is 10.1 Å². The number of imide groups is 1. The molecule has 2 saturated carbocycles. The second kappa shape index (κ2) is 10.8. The van der Waals surface area contributed by atoms with Gasteiger partial charge in [-0.05, 0) is 37.5 Å². The summed E-state index contributed by atoms with van der Waals surface area (Å²) in [7, 11) is 0. The molecule has 0 heterocycles. The van der Waals surface area contributed by atoms with E-state index in [9.17, 15) is 14.7 Å². The molecule has 0 saturated heterocycles. The van der Waals surface area contributed by atoms with Crippen LogP contribution in [0.3, 0.4) is 0 Å². The first kappa shape index (κ1) is 20.2. The highest BCUT2D eigenvalue weighted by atomic mass is 16.3. The summed E-state index contributed by atoms with van der Waals surface area (Å²) in [5.41, 5.74) is 5.12. The highest BCUT2D eigenvalue weighted by Gasteiger charge is 2.27. The van der Waals surface area contributed by atoms with Crippen molar-refractivity contribution >= 4 is 11.9 Å². The maximum Gasteiger partial charge on any atom is 0.318 e. The lowest BCUT2D eigenvalue weighted by atomic mass is 9.80. The molecule has 5 heteroatoms. The monoisotopic (exact) mass is 352 g/mol. The fourth-order valence-electron chi connectivity index (χ4n) is 4.71. The van der Waals surface area contributed by atoms with E-state index in [4.69, 9.17) is 5.73 Å². The van der Waals surface area contributed by atoms with Gasteiger partial charge < -0.3 is 10.8 Å². The third kappa shape index (κ3) is 7.76. The molecule has 0 unspecified atom stereocenters. The van der Waals surface area contributed by atoms with Crippen LogP contribution in [0.5, 0.6) is 0 Å². The van der Waals surface area contributed by atoms with Crippen LogP contribution in [0.25, 0.3) is 0 Å². The Balaban J connectivity index is 1.82. The molecule has 0 aromatic rings. The van der Waals surface area contributed by atoms with Crippen molar-refractivity contribution in [1.82, 2.24) is 5.32 Å². The van der Waals surface area contributed by atoms with Crippen molar-refractivity contribution in [3.8, 4) is 0 Å². The van der Waals surface area contributed by atoms with Gasteiger partial charge in [0.2, 0.25) is 5.91 Å². The molecule has 0 aromatic carbocycles. The van der Waals surface area contributed by atoms with E-state index in [1.54, 1.807) is 0 Å². The average molecular weight is 353 g/mol. The molecule has 4 N–H and O–H groups in total. The zero-order chi connectivity index (χ0) is 18.1. The quantitative estimate of drug-likeness (QED) is 0.619. The van der Waals surface area contributed by atoms with Crippen LogP contribution >= 0.6 is 0 Å². The number of carbonyl (C=O) groups excluding carboxylic acids is 2. The minimum Gasteiger partial charge on any atom is -0.393 e. The van der Waals surface area contributed by atoms with Crippen molar-refractivity contribution < 1.29 is 14.7 Å². The smallest absolute Gasteiger partial charge is 0.318 e. The second-order valence-corrected chi connectivity index (χ2v) is 8.26. The Bertz CT molecular complexity index is 415. The lowest BCUT2D eigenvalue weighted by molar-refractivity contribution is -0.125. The number of urea groups is 1. The molecular weight excluding hydrogens is 316 g/mol. The van der Waals surface area contributed by atoms with Crippen molar-refractivity contribution in [2.75, 3.05) is 0 Å². The number of hydrogen-bond donors (Lipinski definition) is 3. The third-order valence-electron chi connectivity index (χ3n) is 6.15. The lowest BCUT2D eigenvalue weighted by Crippen LogP contribution is -2.41. The fourth-order valence-corrected chi connectivity index (χ4v) is 4.71. The maximum atomic E-state index is 12.3. The Kier molecular flexibility index (Phi) is 8.73. The standard InChI is InChI=1S/C20H36N2O3/c21-20(25)22-19(24)17(13-16-9-5-2-6-10-16)14-18(23)12-11-15-7-3-1-4-8-15/h15-18,23H,1-14H2,(H3,21,22,24,25)/t17-,18+/m1/s1. The van der Waals surface area contributed by atoms with Gasteiger partial charge in [0, 0.05) is 5.92 Å². The van der Waals surface area contributed by atoms with Gasteiger partial charge in [-0.2, -0.15) is 0 Å². The van der Waals surface area contributed by atoms with Crippen molar-refractivity contribution in [1.29, 1.82) is 0 Å². The molecule has 2 aliphatic rings. The van der Waals surface area contributed by atoms with Crippen LogP contribution in [-0.2, 0) is 4.79 Å². The molecule has 2 rings (SSSR count). The molecule has 2 atom stereocenters. The molecule has 0 bridgehead atoms.